The quantitative estimate of drug-likeness (QED) is 0.650. The van der Waals surface area contributed by atoms with Crippen molar-refractivity contribution in [3.63, 3.8) is 0 Å². The molecule has 0 saturated heterocycles. The van der Waals surface area contributed by atoms with Gasteiger partial charge in [-0.15, -0.1) is 11.3 Å². The molecule has 0 bridgehead atoms. The van der Waals surface area contributed by atoms with Crippen LogP contribution in [0.15, 0.2) is 42.6 Å². The molecule has 0 amide bonds. The molecular formula is C18H22N2S. The lowest BCUT2D eigenvalue weighted by Crippen LogP contribution is -1.92. The Labute approximate surface area is 130 Å². The summed E-state index contributed by atoms with van der Waals surface area (Å²) in [5, 5.41) is 2.49. The lowest BCUT2D eigenvalue weighted by molar-refractivity contribution is 0.643. The largest absolute Gasteiger partial charge is 0.256 e. The van der Waals surface area contributed by atoms with Gasteiger partial charge in [-0.3, -0.25) is 4.98 Å². The second kappa shape index (κ2) is 7.32. The predicted molar refractivity (Wildman–Crippen MR) is 91.9 cm³/mol. The minimum atomic E-state index is 0.722. The molecule has 3 heteroatoms. The maximum atomic E-state index is 4.47. The fourth-order valence-corrected chi connectivity index (χ4v) is 3.14. The van der Waals surface area contributed by atoms with Crippen molar-refractivity contribution in [3.05, 3.63) is 58.2 Å². The Morgan fingerprint density at radius 3 is 2.38 bits per heavy atom. The van der Waals surface area contributed by atoms with E-state index in [4.69, 9.17) is 0 Å². The van der Waals surface area contributed by atoms with E-state index in [2.05, 4.69) is 49.8 Å². The number of benzene rings is 1. The summed E-state index contributed by atoms with van der Waals surface area (Å²) in [5.41, 5.74) is 2.26. The number of hydrogen-bond donors (Lipinski definition) is 0. The third-order valence-corrected chi connectivity index (χ3v) is 4.26. The molecule has 0 spiro atoms. The van der Waals surface area contributed by atoms with Crippen molar-refractivity contribution < 1.29 is 0 Å². The van der Waals surface area contributed by atoms with Crippen molar-refractivity contribution in [3.8, 4) is 0 Å². The zero-order valence-corrected chi connectivity index (χ0v) is 13.9. The van der Waals surface area contributed by atoms with Crippen LogP contribution in [0.2, 0.25) is 0 Å². The van der Waals surface area contributed by atoms with Crippen molar-refractivity contribution in [2.75, 3.05) is 0 Å². The second-order valence-corrected chi connectivity index (χ2v) is 6.83. The van der Waals surface area contributed by atoms with Crippen LogP contribution in [-0.4, -0.2) is 9.97 Å². The van der Waals surface area contributed by atoms with Crippen LogP contribution in [0.1, 0.15) is 29.4 Å². The first-order valence-electron chi connectivity index (χ1n) is 7.29. The lowest BCUT2D eigenvalue weighted by Gasteiger charge is -1.97. The van der Waals surface area contributed by atoms with Crippen molar-refractivity contribution >= 4 is 22.2 Å². The standard InChI is InChI=1S/C9H15NS.C9H7N/c1-6(2)5-9-10-7(3)8(4)11-9;1-2-6-9-8(4-1)5-3-7-10-9/h6H,5H2,1-4H3;1-7H. The summed E-state index contributed by atoms with van der Waals surface area (Å²) < 4.78 is 0. The molecular weight excluding hydrogens is 276 g/mol. The molecule has 2 nitrogen and oxygen atoms in total. The Hall–Kier alpha value is -1.74. The summed E-state index contributed by atoms with van der Waals surface area (Å²) >= 11 is 1.83. The zero-order valence-electron chi connectivity index (χ0n) is 13.1. The van der Waals surface area contributed by atoms with E-state index >= 15 is 0 Å². The average molecular weight is 298 g/mol. The highest BCUT2D eigenvalue weighted by atomic mass is 32.1. The summed E-state index contributed by atoms with van der Waals surface area (Å²) in [6.45, 7) is 8.67. The minimum Gasteiger partial charge on any atom is -0.256 e. The van der Waals surface area contributed by atoms with Crippen LogP contribution in [0.4, 0.5) is 0 Å². The highest BCUT2D eigenvalue weighted by Gasteiger charge is 2.04. The van der Waals surface area contributed by atoms with Crippen LogP contribution >= 0.6 is 11.3 Å². The van der Waals surface area contributed by atoms with Crippen LogP contribution in [0.3, 0.4) is 0 Å². The SMILES string of the molecule is Cc1nc(CC(C)C)sc1C.c1ccc2ncccc2c1. The molecule has 3 rings (SSSR count). The maximum absolute atomic E-state index is 4.47. The third-order valence-electron chi connectivity index (χ3n) is 3.17. The molecule has 2 aromatic heterocycles. The molecule has 21 heavy (non-hydrogen) atoms. The molecule has 0 fully saturated rings. The van der Waals surface area contributed by atoms with Crippen LogP contribution in [0.5, 0.6) is 0 Å². The average Bonchev–Trinajstić information content (AvgIpc) is 2.77. The van der Waals surface area contributed by atoms with E-state index in [0.717, 1.165) is 17.9 Å². The molecule has 0 radical (unpaired) electrons. The smallest absolute Gasteiger partial charge is 0.0933 e. The van der Waals surface area contributed by atoms with E-state index in [9.17, 15) is 0 Å². The summed E-state index contributed by atoms with van der Waals surface area (Å²) in [6.07, 6.45) is 2.93. The van der Waals surface area contributed by atoms with Crippen LogP contribution in [-0.2, 0) is 6.42 Å². The monoisotopic (exact) mass is 298 g/mol. The van der Waals surface area contributed by atoms with Crippen molar-refractivity contribution in [1.29, 1.82) is 0 Å². The van der Waals surface area contributed by atoms with Gasteiger partial charge in [-0.2, -0.15) is 0 Å². The van der Waals surface area contributed by atoms with E-state index < -0.39 is 0 Å². The number of aromatic nitrogens is 2. The highest BCUT2D eigenvalue weighted by Crippen LogP contribution is 2.18. The Morgan fingerprint density at radius 2 is 1.76 bits per heavy atom. The van der Waals surface area contributed by atoms with Gasteiger partial charge in [0.15, 0.2) is 0 Å². The Balaban J connectivity index is 0.000000154. The van der Waals surface area contributed by atoms with Gasteiger partial charge in [-0.05, 0) is 31.9 Å². The molecule has 0 N–H and O–H groups in total. The number of hydrogen-bond acceptors (Lipinski definition) is 3. The fourth-order valence-electron chi connectivity index (χ4n) is 1.99. The Kier molecular flexibility index (Phi) is 5.45. The molecule has 0 aliphatic carbocycles. The number of fused-ring (bicyclic) bond motifs is 1. The topological polar surface area (TPSA) is 25.8 Å². The first-order valence-corrected chi connectivity index (χ1v) is 8.10. The van der Waals surface area contributed by atoms with Gasteiger partial charge in [0.05, 0.1) is 16.2 Å². The van der Waals surface area contributed by atoms with Crippen molar-refractivity contribution in [2.45, 2.75) is 34.1 Å². The number of thiazole rings is 1. The van der Waals surface area contributed by atoms with Gasteiger partial charge in [0.1, 0.15) is 0 Å². The van der Waals surface area contributed by atoms with Gasteiger partial charge < -0.3 is 0 Å². The van der Waals surface area contributed by atoms with Crippen LogP contribution in [0.25, 0.3) is 10.9 Å². The molecule has 1 aromatic carbocycles. The van der Waals surface area contributed by atoms with Crippen LogP contribution < -0.4 is 0 Å². The van der Waals surface area contributed by atoms with E-state index in [1.807, 2.05) is 41.8 Å². The molecule has 0 aliphatic rings. The molecule has 0 aliphatic heterocycles. The first-order chi connectivity index (χ1) is 10.1. The maximum Gasteiger partial charge on any atom is 0.0933 e. The van der Waals surface area contributed by atoms with Crippen molar-refractivity contribution in [2.24, 2.45) is 5.92 Å². The third kappa shape index (κ3) is 4.64. The summed E-state index contributed by atoms with van der Waals surface area (Å²) in [4.78, 5) is 10.0. The van der Waals surface area contributed by atoms with Gasteiger partial charge in [0.25, 0.3) is 0 Å². The normalized spacial score (nSPS) is 10.5. The number of aryl methyl sites for hydroxylation is 2. The lowest BCUT2D eigenvalue weighted by atomic mass is 10.1. The van der Waals surface area contributed by atoms with E-state index in [0.29, 0.717) is 0 Å². The van der Waals surface area contributed by atoms with Gasteiger partial charge in [-0.1, -0.05) is 38.1 Å². The first kappa shape index (κ1) is 15.6. The molecule has 110 valence electrons. The summed E-state index contributed by atoms with van der Waals surface area (Å²) in [5.74, 6) is 0.722. The summed E-state index contributed by atoms with van der Waals surface area (Å²) in [6, 6.07) is 12.1. The van der Waals surface area contributed by atoms with Gasteiger partial charge in [-0.25, -0.2) is 4.98 Å². The van der Waals surface area contributed by atoms with Gasteiger partial charge >= 0.3 is 0 Å². The molecule has 0 saturated carbocycles. The van der Waals surface area contributed by atoms with E-state index in [1.54, 1.807) is 0 Å². The second-order valence-electron chi connectivity index (χ2n) is 5.54. The number of pyridine rings is 1. The van der Waals surface area contributed by atoms with Crippen LogP contribution in [0, 0.1) is 19.8 Å². The minimum absolute atomic E-state index is 0.722. The number of para-hydroxylation sites is 1. The Morgan fingerprint density at radius 1 is 1.05 bits per heavy atom. The van der Waals surface area contributed by atoms with Crippen molar-refractivity contribution in [1.82, 2.24) is 9.97 Å². The highest BCUT2D eigenvalue weighted by molar-refractivity contribution is 7.11. The van der Waals surface area contributed by atoms with E-state index in [1.165, 1.54) is 21.0 Å². The number of nitrogens with zero attached hydrogens (tertiary/aromatic N) is 2. The van der Waals surface area contributed by atoms with Gasteiger partial charge in [0.2, 0.25) is 0 Å². The van der Waals surface area contributed by atoms with Gasteiger partial charge in [0, 0.05) is 22.9 Å². The number of rotatable bonds is 2. The zero-order chi connectivity index (χ0) is 15.2. The predicted octanol–water partition coefficient (Wildman–Crippen LogP) is 5.19. The van der Waals surface area contributed by atoms with E-state index in [-0.39, 0.29) is 0 Å². The molecule has 0 atom stereocenters. The fraction of sp³-hybridized carbons (Fsp3) is 0.333. The molecule has 2 heterocycles. The Bertz CT molecular complexity index is 616. The molecule has 3 aromatic rings. The molecule has 0 unspecified atom stereocenters. The summed E-state index contributed by atoms with van der Waals surface area (Å²) in [7, 11) is 0.